The molecule has 0 aromatic heterocycles. The van der Waals surface area contributed by atoms with Gasteiger partial charge in [-0.3, -0.25) is 6.08 Å². The standard InChI is InChI=1S/C15H14.C15H17.2ClH.Zr/c1-2-11-12-7-3-5-9-14(12)15-10-6-4-8-13(11)15;1-3-7-12(4-2)15-11-10-13-8-5-6-9-14(13)15;;;/h3-11H,2H2,1H3;3,5-6,8-10,12,15H,1,4,7H2,2H3;2*1H;/q;-1;;;+3/p-2. The first kappa shape index (κ1) is 29.6. The van der Waals surface area contributed by atoms with E-state index in [1.807, 2.05) is 6.08 Å². The van der Waals surface area contributed by atoms with Crippen LogP contribution >= 0.6 is 0 Å². The van der Waals surface area contributed by atoms with Gasteiger partial charge in [0.25, 0.3) is 0 Å². The monoisotopic (exact) mass is 551 g/mol. The summed E-state index contributed by atoms with van der Waals surface area (Å²) >= 11 is 0. The zero-order valence-corrected chi connectivity index (χ0v) is 23.4. The number of benzene rings is 3. The van der Waals surface area contributed by atoms with Crippen LogP contribution in [-0.2, 0) is 26.2 Å². The Bertz CT molecular complexity index is 1010. The average Bonchev–Trinajstić information content (AvgIpc) is 3.37. The van der Waals surface area contributed by atoms with E-state index in [1.165, 1.54) is 46.2 Å². The van der Waals surface area contributed by atoms with Crippen molar-refractivity contribution in [2.45, 2.75) is 44.9 Å². The van der Waals surface area contributed by atoms with Crippen molar-refractivity contribution in [2.75, 3.05) is 0 Å². The van der Waals surface area contributed by atoms with Gasteiger partial charge in [-0.1, -0.05) is 99.0 Å². The minimum atomic E-state index is 0. The van der Waals surface area contributed by atoms with Gasteiger partial charge in [-0.2, -0.15) is 5.56 Å². The summed E-state index contributed by atoms with van der Waals surface area (Å²) in [6.07, 6.45) is 11.1. The SMILES string of the molecule is C=CCC(CC)C1[C-]=Cc2ccccc21.CCC1c2ccccc2-c2ccccc21.[Cl-].[Cl-].[Zr+3]. The third-order valence-corrected chi connectivity index (χ3v) is 6.59. The molecule has 0 saturated carbocycles. The molecule has 0 spiro atoms. The van der Waals surface area contributed by atoms with Crippen molar-refractivity contribution >= 4 is 6.08 Å². The smallest absolute Gasteiger partial charge is 1.00 e. The van der Waals surface area contributed by atoms with Crippen LogP contribution in [0.5, 0.6) is 0 Å². The van der Waals surface area contributed by atoms with E-state index in [9.17, 15) is 0 Å². The Morgan fingerprint density at radius 3 is 1.85 bits per heavy atom. The Morgan fingerprint density at radius 2 is 1.33 bits per heavy atom. The van der Waals surface area contributed by atoms with Gasteiger partial charge in [-0.25, -0.2) is 6.08 Å². The maximum atomic E-state index is 3.84. The molecule has 0 fully saturated rings. The fraction of sp³-hybridized carbons (Fsp3) is 0.267. The molecule has 5 rings (SSSR count). The van der Waals surface area contributed by atoms with E-state index in [2.05, 4.69) is 105 Å². The Kier molecular flexibility index (Phi) is 12.7. The first-order valence-electron chi connectivity index (χ1n) is 11.3. The molecule has 3 aromatic carbocycles. The Labute approximate surface area is 231 Å². The number of hydrogen-bond acceptors (Lipinski definition) is 0. The molecule has 1 radical (unpaired) electrons. The van der Waals surface area contributed by atoms with Gasteiger partial charge >= 0.3 is 26.2 Å². The number of allylic oxidation sites excluding steroid dienone is 2. The van der Waals surface area contributed by atoms with E-state index >= 15 is 0 Å². The van der Waals surface area contributed by atoms with Crippen LogP contribution in [0.3, 0.4) is 0 Å². The van der Waals surface area contributed by atoms with Crippen LogP contribution in [0.25, 0.3) is 17.2 Å². The Morgan fingerprint density at radius 1 is 0.818 bits per heavy atom. The number of halogens is 2. The van der Waals surface area contributed by atoms with Gasteiger partial charge in [0.15, 0.2) is 0 Å². The molecule has 2 aliphatic carbocycles. The maximum absolute atomic E-state index is 3.84. The molecule has 3 aromatic rings. The Hall–Kier alpha value is -1.40. The van der Waals surface area contributed by atoms with Crippen molar-refractivity contribution in [2.24, 2.45) is 5.92 Å². The van der Waals surface area contributed by atoms with Gasteiger partial charge in [-0.15, -0.1) is 18.2 Å². The van der Waals surface area contributed by atoms with Crippen LogP contribution < -0.4 is 24.8 Å². The Balaban J connectivity index is 0.000000302. The molecule has 0 amide bonds. The largest absolute Gasteiger partial charge is 3.00 e. The molecule has 2 atom stereocenters. The molecule has 0 bridgehead atoms. The summed E-state index contributed by atoms with van der Waals surface area (Å²) in [5, 5.41) is 0. The number of fused-ring (bicyclic) bond motifs is 4. The van der Waals surface area contributed by atoms with E-state index in [0.29, 0.717) is 17.8 Å². The van der Waals surface area contributed by atoms with Crippen molar-refractivity contribution in [1.29, 1.82) is 0 Å². The van der Waals surface area contributed by atoms with Crippen molar-refractivity contribution in [3.8, 4) is 11.1 Å². The zero-order chi connectivity index (χ0) is 20.9. The van der Waals surface area contributed by atoms with Crippen LogP contribution in [0, 0.1) is 12.0 Å². The van der Waals surface area contributed by atoms with Crippen molar-refractivity contribution in [3.63, 3.8) is 0 Å². The first-order chi connectivity index (χ1) is 14.8. The van der Waals surface area contributed by atoms with E-state index in [-0.39, 0.29) is 51.0 Å². The fourth-order valence-electron chi connectivity index (χ4n) is 5.04. The zero-order valence-electron chi connectivity index (χ0n) is 19.4. The molecular weight excluding hydrogens is 522 g/mol. The first-order valence-corrected chi connectivity index (χ1v) is 11.3. The van der Waals surface area contributed by atoms with Gasteiger partial charge < -0.3 is 24.8 Å². The van der Waals surface area contributed by atoms with E-state index in [1.54, 1.807) is 0 Å². The van der Waals surface area contributed by atoms with Crippen molar-refractivity contribution in [3.05, 3.63) is 114 Å². The topological polar surface area (TPSA) is 0 Å². The molecule has 0 saturated heterocycles. The predicted octanol–water partition coefficient (Wildman–Crippen LogP) is 2.42. The van der Waals surface area contributed by atoms with Gasteiger partial charge in [0.05, 0.1) is 0 Å². The van der Waals surface area contributed by atoms with Gasteiger partial charge in [-0.05, 0) is 41.0 Å². The summed E-state index contributed by atoms with van der Waals surface area (Å²) in [5.41, 5.74) is 8.64. The predicted molar refractivity (Wildman–Crippen MR) is 129 cm³/mol. The van der Waals surface area contributed by atoms with E-state index in [0.717, 1.165) is 6.42 Å². The summed E-state index contributed by atoms with van der Waals surface area (Å²) in [6.45, 7) is 8.35. The third kappa shape index (κ3) is 6.19. The number of hydrogen-bond donors (Lipinski definition) is 0. The molecule has 0 nitrogen and oxygen atoms in total. The van der Waals surface area contributed by atoms with Crippen molar-refractivity contribution in [1.82, 2.24) is 0 Å². The molecule has 0 aliphatic heterocycles. The third-order valence-electron chi connectivity index (χ3n) is 6.59. The van der Waals surface area contributed by atoms with Crippen LogP contribution in [-0.4, -0.2) is 0 Å². The molecule has 2 aliphatic rings. The van der Waals surface area contributed by atoms with Crippen LogP contribution in [0.1, 0.15) is 67.2 Å². The van der Waals surface area contributed by atoms with Gasteiger partial charge in [0.1, 0.15) is 0 Å². The van der Waals surface area contributed by atoms with Crippen molar-refractivity contribution < 1.29 is 51.0 Å². The fourth-order valence-corrected chi connectivity index (χ4v) is 5.04. The van der Waals surface area contributed by atoms with Crippen LogP contribution in [0.15, 0.2) is 85.5 Å². The summed E-state index contributed by atoms with van der Waals surface area (Å²) in [4.78, 5) is 0. The maximum Gasteiger partial charge on any atom is 3.00 e. The minimum Gasteiger partial charge on any atom is -1.00 e. The summed E-state index contributed by atoms with van der Waals surface area (Å²) in [5.74, 6) is 1.74. The minimum absolute atomic E-state index is 0. The average molecular weight is 554 g/mol. The second kappa shape index (κ2) is 14.1. The molecule has 2 unspecified atom stereocenters. The summed E-state index contributed by atoms with van der Waals surface area (Å²) < 4.78 is 0. The normalized spacial score (nSPS) is 15.3. The number of rotatable bonds is 5. The quantitative estimate of drug-likeness (QED) is 0.337. The summed E-state index contributed by atoms with van der Waals surface area (Å²) in [6, 6.07) is 26.2. The van der Waals surface area contributed by atoms with E-state index in [4.69, 9.17) is 0 Å². The van der Waals surface area contributed by atoms with E-state index < -0.39 is 0 Å². The molecule has 3 heteroatoms. The second-order valence-electron chi connectivity index (χ2n) is 8.25. The van der Waals surface area contributed by atoms with Crippen LogP contribution in [0.2, 0.25) is 0 Å². The molecule has 0 N–H and O–H groups in total. The molecule has 169 valence electrons. The molecule has 0 heterocycles. The second-order valence-corrected chi connectivity index (χ2v) is 8.25. The van der Waals surface area contributed by atoms with Crippen LogP contribution in [0.4, 0.5) is 0 Å². The van der Waals surface area contributed by atoms with Gasteiger partial charge in [0.2, 0.25) is 0 Å². The summed E-state index contributed by atoms with van der Waals surface area (Å²) in [7, 11) is 0. The molecular formula is C30H31Cl2Zr. The molecule has 33 heavy (non-hydrogen) atoms. The van der Waals surface area contributed by atoms with Gasteiger partial charge in [0, 0.05) is 5.92 Å².